The highest BCUT2D eigenvalue weighted by Crippen LogP contribution is 2.20. The van der Waals surface area contributed by atoms with Gasteiger partial charge in [0.05, 0.1) is 12.0 Å². The van der Waals surface area contributed by atoms with Crippen molar-refractivity contribution in [2.75, 3.05) is 11.9 Å². The lowest BCUT2D eigenvalue weighted by atomic mass is 10.1. The molecule has 1 fully saturated rings. The highest BCUT2D eigenvalue weighted by Gasteiger charge is 2.34. The maximum absolute atomic E-state index is 12.5. The van der Waals surface area contributed by atoms with Crippen molar-refractivity contribution in [1.82, 2.24) is 10.2 Å². The first-order valence-electron chi connectivity index (χ1n) is 9.40. The van der Waals surface area contributed by atoms with Crippen molar-refractivity contribution in [3.63, 3.8) is 0 Å². The first-order chi connectivity index (χ1) is 14.0. The number of carbonyl (C=O) groups is 3. The van der Waals surface area contributed by atoms with Crippen LogP contribution in [0.5, 0.6) is 0 Å². The van der Waals surface area contributed by atoms with E-state index in [-0.39, 0.29) is 36.5 Å². The summed E-state index contributed by atoms with van der Waals surface area (Å²) in [7, 11) is 0. The third kappa shape index (κ3) is 5.66. The smallest absolute Gasteiger partial charge is 0.238 e. The van der Waals surface area contributed by atoms with E-state index in [9.17, 15) is 14.4 Å². The molecule has 29 heavy (non-hydrogen) atoms. The average molecular weight is 390 g/mol. The molecule has 0 aromatic heterocycles. The maximum Gasteiger partial charge on any atom is 0.238 e. The highest BCUT2D eigenvalue weighted by molar-refractivity contribution is 5.92. The van der Waals surface area contributed by atoms with Crippen LogP contribution in [-0.4, -0.2) is 29.2 Å². The molecular weight excluding hydrogens is 368 g/mol. The van der Waals surface area contributed by atoms with Gasteiger partial charge in [0.2, 0.25) is 17.7 Å². The van der Waals surface area contributed by atoms with Gasteiger partial charge in [-0.25, -0.2) is 0 Å². The van der Waals surface area contributed by atoms with Crippen molar-refractivity contribution in [1.29, 1.82) is 5.26 Å². The molecule has 2 aromatic rings. The molecule has 2 N–H and O–H groups in total. The molecule has 1 aliphatic heterocycles. The number of hydrogen-bond donors (Lipinski definition) is 2. The van der Waals surface area contributed by atoms with Crippen LogP contribution in [0.25, 0.3) is 0 Å². The Bertz CT molecular complexity index is 937. The molecule has 0 bridgehead atoms. The molecule has 7 heteroatoms. The molecule has 3 rings (SSSR count). The number of nitrogens with zero attached hydrogens (tertiary/aromatic N) is 2. The summed E-state index contributed by atoms with van der Waals surface area (Å²) < 4.78 is 0. The van der Waals surface area contributed by atoms with Gasteiger partial charge < -0.3 is 15.5 Å². The molecule has 1 heterocycles. The van der Waals surface area contributed by atoms with Gasteiger partial charge in [-0.2, -0.15) is 5.26 Å². The second-order valence-electron chi connectivity index (χ2n) is 6.96. The van der Waals surface area contributed by atoms with Crippen molar-refractivity contribution in [3.8, 4) is 6.07 Å². The largest absolute Gasteiger partial charge is 0.352 e. The summed E-state index contributed by atoms with van der Waals surface area (Å²) in [5, 5.41) is 14.1. The lowest BCUT2D eigenvalue weighted by Gasteiger charge is -2.16. The molecular formula is C22H22N4O3. The minimum atomic E-state index is -0.378. The van der Waals surface area contributed by atoms with E-state index in [0.29, 0.717) is 25.3 Å². The Hall–Kier alpha value is -3.66. The molecule has 148 valence electrons. The van der Waals surface area contributed by atoms with E-state index in [1.54, 1.807) is 29.2 Å². The molecule has 0 radical (unpaired) electrons. The van der Waals surface area contributed by atoms with Gasteiger partial charge >= 0.3 is 0 Å². The van der Waals surface area contributed by atoms with Gasteiger partial charge in [-0.15, -0.1) is 0 Å². The summed E-state index contributed by atoms with van der Waals surface area (Å²) in [5.74, 6) is -0.926. The molecule has 7 nitrogen and oxygen atoms in total. The van der Waals surface area contributed by atoms with Crippen LogP contribution in [0.15, 0.2) is 54.6 Å². The number of carbonyl (C=O) groups excluding carboxylic acids is 3. The number of likely N-dealkylation sites (tertiary alicyclic amines) is 1. The van der Waals surface area contributed by atoms with Crippen LogP contribution in [0.1, 0.15) is 24.0 Å². The molecule has 1 unspecified atom stereocenters. The number of amides is 3. The van der Waals surface area contributed by atoms with E-state index in [2.05, 4.69) is 10.6 Å². The lowest BCUT2D eigenvalue weighted by Crippen LogP contribution is -2.32. The Morgan fingerprint density at radius 1 is 1.10 bits per heavy atom. The highest BCUT2D eigenvalue weighted by atomic mass is 16.2. The van der Waals surface area contributed by atoms with E-state index in [1.165, 1.54) is 0 Å². The summed E-state index contributed by atoms with van der Waals surface area (Å²) >= 11 is 0. The zero-order chi connectivity index (χ0) is 20.6. The van der Waals surface area contributed by atoms with E-state index in [0.717, 1.165) is 11.1 Å². The number of benzene rings is 2. The second-order valence-corrected chi connectivity index (χ2v) is 6.96. The lowest BCUT2D eigenvalue weighted by molar-refractivity contribution is -0.129. The Kier molecular flexibility index (Phi) is 6.59. The Labute approximate surface area is 169 Å². The van der Waals surface area contributed by atoms with E-state index >= 15 is 0 Å². The van der Waals surface area contributed by atoms with Crippen molar-refractivity contribution in [2.45, 2.75) is 25.9 Å². The third-order valence-corrected chi connectivity index (χ3v) is 4.72. The molecule has 0 saturated carbocycles. The fourth-order valence-corrected chi connectivity index (χ4v) is 3.27. The maximum atomic E-state index is 12.5. The quantitative estimate of drug-likeness (QED) is 0.757. The first kappa shape index (κ1) is 20.1. The predicted octanol–water partition coefficient (Wildman–Crippen LogP) is 2.20. The Balaban J connectivity index is 1.51. The van der Waals surface area contributed by atoms with Crippen molar-refractivity contribution >= 4 is 23.4 Å². The number of nitrogens with one attached hydrogen (secondary N) is 2. The third-order valence-electron chi connectivity index (χ3n) is 4.72. The predicted molar refractivity (Wildman–Crippen MR) is 107 cm³/mol. The van der Waals surface area contributed by atoms with Gasteiger partial charge in [-0.1, -0.05) is 42.5 Å². The van der Waals surface area contributed by atoms with Crippen LogP contribution in [0.4, 0.5) is 5.69 Å². The fraction of sp³-hybridized carbons (Fsp3) is 0.273. The minimum Gasteiger partial charge on any atom is -0.352 e. The summed E-state index contributed by atoms with van der Waals surface area (Å²) in [6.45, 7) is 1.21. The fourth-order valence-electron chi connectivity index (χ4n) is 3.27. The number of rotatable bonds is 7. The molecule has 1 atom stereocenters. The van der Waals surface area contributed by atoms with Gasteiger partial charge in [0.15, 0.2) is 0 Å². The van der Waals surface area contributed by atoms with Crippen molar-refractivity contribution in [3.05, 3.63) is 65.7 Å². The molecule has 0 aliphatic carbocycles. The van der Waals surface area contributed by atoms with E-state index in [1.807, 2.05) is 36.4 Å². The van der Waals surface area contributed by atoms with Crippen LogP contribution in [0.2, 0.25) is 0 Å². The van der Waals surface area contributed by atoms with Crippen LogP contribution < -0.4 is 10.6 Å². The molecule has 2 aromatic carbocycles. The minimum absolute atomic E-state index is 0.0174. The molecule has 3 amide bonds. The number of hydrogen-bond acceptors (Lipinski definition) is 4. The van der Waals surface area contributed by atoms with Gasteiger partial charge in [0.25, 0.3) is 0 Å². The molecule has 1 aliphatic rings. The monoisotopic (exact) mass is 390 g/mol. The Morgan fingerprint density at radius 3 is 2.62 bits per heavy atom. The SMILES string of the molecule is N#CCC(=O)Nc1cccc(CNC(=O)C2CC(=O)N(Cc3ccccc3)C2)c1. The van der Waals surface area contributed by atoms with Gasteiger partial charge in [-0.05, 0) is 23.3 Å². The summed E-state index contributed by atoms with van der Waals surface area (Å²) in [5.41, 5.74) is 2.43. The van der Waals surface area contributed by atoms with Crippen LogP contribution >= 0.6 is 0 Å². The molecule has 0 spiro atoms. The standard InChI is InChI=1S/C22H22N4O3/c23-10-9-20(27)25-19-8-4-7-17(11-19)13-24-22(29)18-12-21(28)26(15-18)14-16-5-2-1-3-6-16/h1-8,11,18H,9,12-15H2,(H,24,29)(H,25,27). The average Bonchev–Trinajstić information content (AvgIpc) is 3.08. The zero-order valence-corrected chi connectivity index (χ0v) is 15.9. The van der Waals surface area contributed by atoms with Crippen molar-refractivity contribution in [2.24, 2.45) is 5.92 Å². The van der Waals surface area contributed by atoms with Crippen LogP contribution in [0, 0.1) is 17.2 Å². The second kappa shape index (κ2) is 9.51. The summed E-state index contributed by atoms with van der Waals surface area (Å²) in [6, 6.07) is 18.6. The normalized spacial score (nSPS) is 15.6. The first-order valence-corrected chi connectivity index (χ1v) is 9.40. The Morgan fingerprint density at radius 2 is 1.86 bits per heavy atom. The van der Waals surface area contributed by atoms with Gasteiger partial charge in [0.1, 0.15) is 6.42 Å². The van der Waals surface area contributed by atoms with Crippen LogP contribution in [0.3, 0.4) is 0 Å². The number of nitriles is 1. The molecule has 1 saturated heterocycles. The topological polar surface area (TPSA) is 102 Å². The van der Waals surface area contributed by atoms with E-state index < -0.39 is 0 Å². The zero-order valence-electron chi connectivity index (χ0n) is 15.9. The van der Waals surface area contributed by atoms with Gasteiger partial charge in [0, 0.05) is 31.7 Å². The van der Waals surface area contributed by atoms with Crippen LogP contribution in [-0.2, 0) is 27.5 Å². The summed E-state index contributed by atoms with van der Waals surface area (Å²) in [6.07, 6.45) is -0.000915. The van der Waals surface area contributed by atoms with Crippen molar-refractivity contribution < 1.29 is 14.4 Å². The number of anilines is 1. The summed E-state index contributed by atoms with van der Waals surface area (Å²) in [4.78, 5) is 38.0. The van der Waals surface area contributed by atoms with E-state index in [4.69, 9.17) is 5.26 Å². The van der Waals surface area contributed by atoms with Gasteiger partial charge in [-0.3, -0.25) is 14.4 Å².